The minimum absolute atomic E-state index is 0.0949. The lowest BCUT2D eigenvalue weighted by molar-refractivity contribution is -0.120. The van der Waals surface area contributed by atoms with Crippen LogP contribution in [0.3, 0.4) is 0 Å². The van der Waals surface area contributed by atoms with E-state index < -0.39 is 0 Å². The molecule has 0 spiro atoms. The Morgan fingerprint density at radius 2 is 2.44 bits per heavy atom. The number of Topliss-reactive ketones (excluding diaryl/α,β-unsaturated/α-hetero) is 1. The number of fused-ring (bicyclic) bond motifs is 1. The molecule has 46 valence electrons. The standard InChI is InChI=1S/C7H7NO/c8-3-6-4-1-5(6)7(9)2-4/h4-6H,1-2H2/t4-,5?,6-/m0/s1. The summed E-state index contributed by atoms with van der Waals surface area (Å²) in [6.07, 6.45) is 1.68. The van der Waals surface area contributed by atoms with Crippen molar-refractivity contribution in [1.82, 2.24) is 0 Å². The summed E-state index contributed by atoms with van der Waals surface area (Å²) in [6, 6.07) is 2.17. The Bertz CT molecular complexity index is 203. The maximum absolute atomic E-state index is 10.8. The number of nitriles is 1. The maximum atomic E-state index is 10.8. The van der Waals surface area contributed by atoms with Crippen molar-refractivity contribution in [1.29, 1.82) is 5.26 Å². The van der Waals surface area contributed by atoms with Gasteiger partial charge in [-0.1, -0.05) is 0 Å². The van der Waals surface area contributed by atoms with Gasteiger partial charge in [-0.15, -0.1) is 0 Å². The molecule has 0 aromatic rings. The molecule has 3 saturated carbocycles. The lowest BCUT2D eigenvalue weighted by Gasteiger charge is -2.27. The van der Waals surface area contributed by atoms with Crippen molar-refractivity contribution in [3.63, 3.8) is 0 Å². The van der Waals surface area contributed by atoms with Gasteiger partial charge in [0.15, 0.2) is 0 Å². The van der Waals surface area contributed by atoms with Crippen LogP contribution in [0.4, 0.5) is 0 Å². The van der Waals surface area contributed by atoms with Gasteiger partial charge < -0.3 is 0 Å². The third-order valence-corrected chi connectivity index (χ3v) is 2.52. The van der Waals surface area contributed by atoms with Gasteiger partial charge in [0.25, 0.3) is 0 Å². The predicted octanol–water partition coefficient (Wildman–Crippen LogP) is 0.735. The molecule has 0 heterocycles. The molecule has 0 aromatic carbocycles. The summed E-state index contributed by atoms with van der Waals surface area (Å²) in [6.45, 7) is 0. The molecule has 3 aliphatic carbocycles. The molecule has 9 heavy (non-hydrogen) atoms. The SMILES string of the molecule is N#C[C@@H]1C2C[C@H]1CC2=O. The molecular formula is C7H7NO. The van der Waals surface area contributed by atoms with E-state index in [0.29, 0.717) is 18.1 Å². The van der Waals surface area contributed by atoms with E-state index in [9.17, 15) is 4.79 Å². The Labute approximate surface area is 53.5 Å². The van der Waals surface area contributed by atoms with Crippen molar-refractivity contribution >= 4 is 5.78 Å². The average molecular weight is 121 g/mol. The number of ketones is 1. The van der Waals surface area contributed by atoms with Gasteiger partial charge in [-0.3, -0.25) is 4.79 Å². The summed E-state index contributed by atoms with van der Waals surface area (Å²) >= 11 is 0. The van der Waals surface area contributed by atoms with E-state index in [1.54, 1.807) is 0 Å². The lowest BCUT2D eigenvalue weighted by Crippen LogP contribution is -2.27. The second-order valence-corrected chi connectivity index (χ2v) is 2.93. The van der Waals surface area contributed by atoms with Gasteiger partial charge in [-0.05, 0) is 12.3 Å². The summed E-state index contributed by atoms with van der Waals surface area (Å²) < 4.78 is 0. The zero-order valence-electron chi connectivity index (χ0n) is 5.00. The van der Waals surface area contributed by atoms with Crippen LogP contribution < -0.4 is 0 Å². The Hall–Kier alpha value is -0.840. The summed E-state index contributed by atoms with van der Waals surface area (Å²) in [5.41, 5.74) is 0. The fraction of sp³-hybridized carbons (Fsp3) is 0.714. The smallest absolute Gasteiger partial charge is 0.137 e. The highest BCUT2D eigenvalue weighted by molar-refractivity contribution is 5.87. The van der Waals surface area contributed by atoms with Gasteiger partial charge in [-0.25, -0.2) is 0 Å². The number of carbonyl (C=O) groups excluding carboxylic acids is 1. The highest BCUT2D eigenvalue weighted by atomic mass is 16.1. The number of hydrogen-bond donors (Lipinski definition) is 0. The minimum atomic E-state index is 0.0949. The monoisotopic (exact) mass is 121 g/mol. The molecule has 0 N–H and O–H groups in total. The minimum Gasteiger partial charge on any atom is -0.299 e. The van der Waals surface area contributed by atoms with Crippen LogP contribution in [0.15, 0.2) is 0 Å². The molecule has 0 aliphatic heterocycles. The fourth-order valence-corrected chi connectivity index (χ4v) is 1.90. The number of rotatable bonds is 0. The van der Waals surface area contributed by atoms with Crippen LogP contribution in [0.5, 0.6) is 0 Å². The van der Waals surface area contributed by atoms with Gasteiger partial charge in [-0.2, -0.15) is 5.26 Å². The van der Waals surface area contributed by atoms with Crippen LogP contribution >= 0.6 is 0 Å². The summed E-state index contributed by atoms with van der Waals surface area (Å²) in [5, 5.41) is 8.48. The van der Waals surface area contributed by atoms with Crippen LogP contribution in [0.1, 0.15) is 12.8 Å². The van der Waals surface area contributed by atoms with Gasteiger partial charge in [0.2, 0.25) is 0 Å². The highest BCUT2D eigenvalue weighted by Gasteiger charge is 2.52. The van der Waals surface area contributed by atoms with Crippen molar-refractivity contribution in [3.05, 3.63) is 0 Å². The van der Waals surface area contributed by atoms with Crippen LogP contribution in [-0.4, -0.2) is 5.78 Å². The molecule has 3 atom stereocenters. The predicted molar refractivity (Wildman–Crippen MR) is 30.3 cm³/mol. The highest BCUT2D eigenvalue weighted by Crippen LogP contribution is 2.50. The number of carbonyl (C=O) groups is 1. The molecule has 3 fully saturated rings. The molecule has 2 heteroatoms. The maximum Gasteiger partial charge on any atom is 0.137 e. The Kier molecular flexibility index (Phi) is 0.751. The fourth-order valence-electron chi connectivity index (χ4n) is 1.90. The molecule has 3 aliphatic rings. The first-order valence-electron chi connectivity index (χ1n) is 3.25. The first-order valence-corrected chi connectivity index (χ1v) is 3.25. The third-order valence-electron chi connectivity index (χ3n) is 2.52. The summed E-state index contributed by atoms with van der Waals surface area (Å²) in [4.78, 5) is 10.8. The number of nitrogens with zero attached hydrogens (tertiary/aromatic N) is 1. The Balaban J connectivity index is 2.24. The molecule has 3 rings (SSSR count). The van der Waals surface area contributed by atoms with Crippen LogP contribution in [0.25, 0.3) is 0 Å². The van der Waals surface area contributed by atoms with E-state index in [4.69, 9.17) is 5.26 Å². The molecule has 0 amide bonds. The van der Waals surface area contributed by atoms with Crippen molar-refractivity contribution in [2.75, 3.05) is 0 Å². The quantitative estimate of drug-likeness (QED) is 0.474. The van der Waals surface area contributed by atoms with E-state index in [2.05, 4.69) is 6.07 Å². The second-order valence-electron chi connectivity index (χ2n) is 2.93. The largest absolute Gasteiger partial charge is 0.299 e. The van der Waals surface area contributed by atoms with Gasteiger partial charge in [0.05, 0.1) is 12.0 Å². The van der Waals surface area contributed by atoms with Crippen LogP contribution in [-0.2, 0) is 4.79 Å². The summed E-state index contributed by atoms with van der Waals surface area (Å²) in [7, 11) is 0. The van der Waals surface area contributed by atoms with E-state index in [1.807, 2.05) is 0 Å². The Morgan fingerprint density at radius 1 is 1.67 bits per heavy atom. The molecule has 0 aromatic heterocycles. The van der Waals surface area contributed by atoms with Crippen molar-refractivity contribution in [3.8, 4) is 6.07 Å². The van der Waals surface area contributed by atoms with Gasteiger partial charge >= 0.3 is 0 Å². The van der Waals surface area contributed by atoms with Crippen LogP contribution in [0, 0.1) is 29.1 Å². The molecule has 2 bridgehead atoms. The number of hydrogen-bond acceptors (Lipinski definition) is 2. The average Bonchev–Trinajstić information content (AvgIpc) is 2.22. The molecule has 2 nitrogen and oxygen atoms in total. The zero-order valence-corrected chi connectivity index (χ0v) is 5.00. The van der Waals surface area contributed by atoms with E-state index >= 15 is 0 Å². The molecule has 0 radical (unpaired) electrons. The zero-order chi connectivity index (χ0) is 6.43. The van der Waals surface area contributed by atoms with Gasteiger partial charge in [0.1, 0.15) is 5.78 Å². The first kappa shape index (κ1) is 4.99. The summed E-state index contributed by atoms with van der Waals surface area (Å²) in [5.74, 6) is 0.997. The molecule has 0 saturated heterocycles. The van der Waals surface area contributed by atoms with Gasteiger partial charge in [0, 0.05) is 12.3 Å². The normalized spacial score (nSPS) is 46.1. The second kappa shape index (κ2) is 1.36. The van der Waals surface area contributed by atoms with E-state index in [1.165, 1.54) is 0 Å². The topological polar surface area (TPSA) is 40.9 Å². The Morgan fingerprint density at radius 3 is 2.67 bits per heavy atom. The third kappa shape index (κ3) is 0.426. The van der Waals surface area contributed by atoms with E-state index in [-0.39, 0.29) is 11.8 Å². The van der Waals surface area contributed by atoms with Crippen molar-refractivity contribution in [2.45, 2.75) is 12.8 Å². The lowest BCUT2D eigenvalue weighted by atomic mass is 9.73. The van der Waals surface area contributed by atoms with E-state index in [0.717, 1.165) is 6.42 Å². The van der Waals surface area contributed by atoms with Crippen molar-refractivity contribution < 1.29 is 4.79 Å². The first-order chi connectivity index (χ1) is 4.33. The van der Waals surface area contributed by atoms with Crippen molar-refractivity contribution in [2.24, 2.45) is 17.8 Å². The molecular weight excluding hydrogens is 114 g/mol. The van der Waals surface area contributed by atoms with Crippen LogP contribution in [0.2, 0.25) is 0 Å². The molecule has 1 unspecified atom stereocenters.